The maximum absolute atomic E-state index is 11.9. The largest absolute Gasteiger partial charge is 0.324 e. The highest BCUT2D eigenvalue weighted by Gasteiger charge is 2.15. The molecule has 0 aliphatic rings. The van der Waals surface area contributed by atoms with Crippen molar-refractivity contribution in [3.05, 3.63) is 88.1 Å². The van der Waals surface area contributed by atoms with Crippen LogP contribution in [0.15, 0.2) is 61.3 Å². The van der Waals surface area contributed by atoms with Crippen molar-refractivity contribution in [2.45, 2.75) is 6.54 Å². The van der Waals surface area contributed by atoms with Gasteiger partial charge in [-0.3, -0.25) is 9.63 Å². The summed E-state index contributed by atoms with van der Waals surface area (Å²) in [7, 11) is 3.22. The summed E-state index contributed by atoms with van der Waals surface area (Å²) >= 11 is 12.6. The molecule has 0 bridgehead atoms. The van der Waals surface area contributed by atoms with Gasteiger partial charge in [0.1, 0.15) is 12.7 Å². The first-order valence-corrected chi connectivity index (χ1v) is 11.2. The van der Waals surface area contributed by atoms with Gasteiger partial charge in [-0.15, -0.1) is 0 Å². The Morgan fingerprint density at radius 2 is 1.91 bits per heavy atom. The number of hydrogen-bond acceptors (Lipinski definition) is 8. The van der Waals surface area contributed by atoms with Gasteiger partial charge in [0, 0.05) is 35.6 Å². The molecule has 2 aromatic carbocycles. The van der Waals surface area contributed by atoms with E-state index in [0.29, 0.717) is 51.3 Å². The van der Waals surface area contributed by atoms with Crippen LogP contribution in [0.3, 0.4) is 0 Å². The number of halogens is 2. The Hall–Kier alpha value is -3.79. The molecule has 11 heteroatoms. The number of benzene rings is 2. The van der Waals surface area contributed by atoms with Gasteiger partial charge in [0.25, 0.3) is 0 Å². The Morgan fingerprint density at radius 1 is 1.17 bits per heavy atom. The predicted octanol–water partition coefficient (Wildman–Crippen LogP) is 4.90. The van der Waals surface area contributed by atoms with Gasteiger partial charge < -0.3 is 5.32 Å². The monoisotopic (exact) mass is 509 g/mol. The molecule has 2 heterocycles. The number of aromatic nitrogens is 5. The molecule has 4 rings (SSSR count). The number of hydrogen-bond donors (Lipinski definition) is 1. The highest BCUT2D eigenvalue weighted by atomic mass is 35.5. The second-order valence-corrected chi connectivity index (χ2v) is 8.20. The summed E-state index contributed by atoms with van der Waals surface area (Å²) in [6, 6.07) is 12.9. The van der Waals surface area contributed by atoms with Crippen molar-refractivity contribution in [3.8, 4) is 0 Å². The second-order valence-electron chi connectivity index (χ2n) is 7.38. The van der Waals surface area contributed by atoms with Crippen LogP contribution in [0.2, 0.25) is 10.0 Å². The lowest BCUT2D eigenvalue weighted by Gasteiger charge is -2.18. The van der Waals surface area contributed by atoms with Crippen LogP contribution in [0, 0.1) is 0 Å². The molecule has 0 aliphatic heterocycles. The van der Waals surface area contributed by atoms with Crippen LogP contribution in [-0.2, 0) is 16.2 Å². The van der Waals surface area contributed by atoms with Gasteiger partial charge in [0.15, 0.2) is 12.1 Å². The molecule has 9 nitrogen and oxygen atoms in total. The lowest BCUT2D eigenvalue weighted by atomic mass is 10.0. The Bertz CT molecular complexity index is 1320. The number of hydroxylamine groups is 1. The third-order valence-corrected chi connectivity index (χ3v) is 5.71. The average molecular weight is 510 g/mol. The van der Waals surface area contributed by atoms with Gasteiger partial charge in [0.05, 0.1) is 23.7 Å². The summed E-state index contributed by atoms with van der Waals surface area (Å²) in [5, 5.41) is 9.49. The molecule has 0 atom stereocenters. The second kappa shape index (κ2) is 11.1. The van der Waals surface area contributed by atoms with Crippen LogP contribution in [0.4, 0.5) is 17.5 Å². The zero-order chi connectivity index (χ0) is 24.8. The van der Waals surface area contributed by atoms with E-state index in [0.717, 1.165) is 11.3 Å². The van der Waals surface area contributed by atoms with E-state index in [1.165, 1.54) is 18.5 Å². The van der Waals surface area contributed by atoms with Crippen molar-refractivity contribution in [2.75, 3.05) is 24.5 Å². The first kappa shape index (κ1) is 24.3. The van der Waals surface area contributed by atoms with E-state index in [1.54, 1.807) is 48.5 Å². The Labute approximate surface area is 212 Å². The van der Waals surface area contributed by atoms with E-state index in [9.17, 15) is 4.79 Å². The maximum Gasteiger partial charge on any atom is 0.229 e. The molecule has 0 saturated carbocycles. The van der Waals surface area contributed by atoms with E-state index in [-0.39, 0.29) is 0 Å². The van der Waals surface area contributed by atoms with Crippen molar-refractivity contribution in [2.24, 2.45) is 0 Å². The molecule has 2 aromatic heterocycles. The zero-order valence-electron chi connectivity index (χ0n) is 18.9. The van der Waals surface area contributed by atoms with Gasteiger partial charge >= 0.3 is 0 Å². The summed E-state index contributed by atoms with van der Waals surface area (Å²) in [6.45, 7) is 0.620. The van der Waals surface area contributed by atoms with Crippen molar-refractivity contribution in [3.63, 3.8) is 0 Å². The highest BCUT2D eigenvalue weighted by molar-refractivity contribution is 6.40. The normalized spacial score (nSPS) is 11.4. The maximum atomic E-state index is 11.9. The molecule has 0 spiro atoms. The molecule has 0 amide bonds. The molecule has 0 radical (unpaired) electrons. The topological polar surface area (TPSA) is 98.1 Å². The summed E-state index contributed by atoms with van der Waals surface area (Å²) in [6.07, 6.45) is 7.07. The van der Waals surface area contributed by atoms with Crippen molar-refractivity contribution >= 4 is 58.6 Å². The standard InChI is InChI=1S/C24H21Cl2N7O2/c1-32(35-2)23-17(10-18(13-34)22-20(25)4-3-5-21(22)26)11-28-24(31-23)30-19-8-6-16(7-9-19)12-33-15-27-14-29-33/h3-11,13-15H,12H2,1-2H3,(H,28,30,31)/b18-10+. The van der Waals surface area contributed by atoms with Crippen LogP contribution >= 0.6 is 23.2 Å². The molecule has 1 N–H and O–H groups in total. The smallest absolute Gasteiger partial charge is 0.229 e. The first-order chi connectivity index (χ1) is 17.0. The summed E-state index contributed by atoms with van der Waals surface area (Å²) in [4.78, 5) is 30.2. The number of nitrogens with zero attached hydrogens (tertiary/aromatic N) is 6. The van der Waals surface area contributed by atoms with Crippen molar-refractivity contribution < 1.29 is 9.63 Å². The molecule has 0 fully saturated rings. The molecular weight excluding hydrogens is 489 g/mol. The summed E-state index contributed by atoms with van der Waals surface area (Å²) < 4.78 is 1.74. The van der Waals surface area contributed by atoms with Gasteiger partial charge in [-0.1, -0.05) is 41.4 Å². The van der Waals surface area contributed by atoms with Crippen LogP contribution < -0.4 is 10.4 Å². The molecule has 35 heavy (non-hydrogen) atoms. The Morgan fingerprint density at radius 3 is 2.54 bits per heavy atom. The molecular formula is C24H21Cl2N7O2. The Balaban J connectivity index is 1.61. The first-order valence-electron chi connectivity index (χ1n) is 10.4. The fourth-order valence-electron chi connectivity index (χ4n) is 3.31. The molecule has 0 unspecified atom stereocenters. The third kappa shape index (κ3) is 5.83. The van der Waals surface area contributed by atoms with Crippen LogP contribution in [0.5, 0.6) is 0 Å². The number of carbonyl (C=O) groups is 1. The number of rotatable bonds is 9. The summed E-state index contributed by atoms with van der Waals surface area (Å²) in [5.74, 6) is 0.795. The molecule has 4 aromatic rings. The number of nitrogens with one attached hydrogen (secondary N) is 1. The number of aldehydes is 1. The number of carbonyl (C=O) groups excluding carboxylic acids is 1. The predicted molar refractivity (Wildman–Crippen MR) is 137 cm³/mol. The van der Waals surface area contributed by atoms with Gasteiger partial charge in [-0.05, 0) is 35.9 Å². The van der Waals surface area contributed by atoms with Crippen molar-refractivity contribution in [1.29, 1.82) is 0 Å². The number of anilines is 3. The minimum Gasteiger partial charge on any atom is -0.324 e. The van der Waals surface area contributed by atoms with Gasteiger partial charge in [-0.2, -0.15) is 10.1 Å². The minimum atomic E-state index is 0.290. The Kier molecular flexibility index (Phi) is 7.71. The SMILES string of the molecule is CON(C)c1nc(Nc2ccc(Cn3cncn3)cc2)ncc1/C=C(\C=O)c1c(Cl)cccc1Cl. The highest BCUT2D eigenvalue weighted by Crippen LogP contribution is 2.32. The van der Waals surface area contributed by atoms with Crippen LogP contribution in [0.1, 0.15) is 16.7 Å². The van der Waals surface area contributed by atoms with Crippen molar-refractivity contribution in [1.82, 2.24) is 24.7 Å². The van der Waals surface area contributed by atoms with Crippen LogP contribution in [0.25, 0.3) is 11.6 Å². The lowest BCUT2D eigenvalue weighted by molar-refractivity contribution is -0.103. The zero-order valence-corrected chi connectivity index (χ0v) is 20.4. The van der Waals surface area contributed by atoms with Crippen LogP contribution in [-0.4, -0.2) is 45.2 Å². The molecule has 0 aliphatic carbocycles. The number of allylic oxidation sites excluding steroid dienone is 1. The van der Waals surface area contributed by atoms with E-state index < -0.39 is 0 Å². The van der Waals surface area contributed by atoms with E-state index >= 15 is 0 Å². The van der Waals surface area contributed by atoms with E-state index in [2.05, 4.69) is 25.4 Å². The quantitative estimate of drug-likeness (QED) is 0.193. The minimum absolute atomic E-state index is 0.290. The molecule has 0 saturated heterocycles. The lowest BCUT2D eigenvalue weighted by Crippen LogP contribution is -2.18. The van der Waals surface area contributed by atoms with Gasteiger partial charge in [0.2, 0.25) is 5.95 Å². The summed E-state index contributed by atoms with van der Waals surface area (Å²) in [5.41, 5.74) is 3.14. The fourth-order valence-corrected chi connectivity index (χ4v) is 3.93. The van der Waals surface area contributed by atoms with E-state index in [1.807, 2.05) is 24.3 Å². The third-order valence-electron chi connectivity index (χ3n) is 5.08. The van der Waals surface area contributed by atoms with Gasteiger partial charge in [-0.25, -0.2) is 19.7 Å². The fraction of sp³-hybridized carbons (Fsp3) is 0.125. The molecule has 178 valence electrons. The van der Waals surface area contributed by atoms with E-state index in [4.69, 9.17) is 28.0 Å². The average Bonchev–Trinajstić information content (AvgIpc) is 3.37.